The van der Waals surface area contributed by atoms with Gasteiger partial charge in [-0.15, -0.1) is 0 Å². The van der Waals surface area contributed by atoms with Crippen molar-refractivity contribution in [1.82, 2.24) is 5.32 Å². The van der Waals surface area contributed by atoms with E-state index in [0.29, 0.717) is 18.0 Å². The highest BCUT2D eigenvalue weighted by Gasteiger charge is 2.15. The van der Waals surface area contributed by atoms with Crippen molar-refractivity contribution in [2.24, 2.45) is 5.92 Å². The summed E-state index contributed by atoms with van der Waals surface area (Å²) in [6, 6.07) is 4.54. The smallest absolute Gasteiger partial charge is 0.253 e. The number of anilines is 1. The fraction of sp³-hybridized carbons (Fsp3) is 0.562. The Morgan fingerprint density at radius 3 is 2.70 bits per heavy atom. The van der Waals surface area contributed by atoms with Gasteiger partial charge in [-0.1, -0.05) is 39.2 Å². The molecule has 0 aliphatic rings. The Labute approximate surface area is 121 Å². The van der Waals surface area contributed by atoms with Gasteiger partial charge in [0.1, 0.15) is 5.82 Å². The molecule has 3 nitrogen and oxygen atoms in total. The number of amides is 1. The first-order chi connectivity index (χ1) is 9.63. The lowest BCUT2D eigenvalue weighted by Crippen LogP contribution is -2.29. The zero-order valence-corrected chi connectivity index (χ0v) is 12.6. The number of rotatable bonds is 8. The maximum atomic E-state index is 13.6. The first-order valence-corrected chi connectivity index (χ1v) is 7.38. The normalized spacial score (nSPS) is 12.0. The first-order valence-electron chi connectivity index (χ1n) is 7.38. The number of benzene rings is 1. The van der Waals surface area contributed by atoms with Crippen LogP contribution in [0.4, 0.5) is 10.1 Å². The predicted octanol–water partition coefficient (Wildman–Crippen LogP) is 3.81. The van der Waals surface area contributed by atoms with Gasteiger partial charge in [0, 0.05) is 13.6 Å². The van der Waals surface area contributed by atoms with Crippen LogP contribution < -0.4 is 10.6 Å². The Hall–Kier alpha value is -1.58. The van der Waals surface area contributed by atoms with Crippen LogP contribution in [-0.4, -0.2) is 19.5 Å². The van der Waals surface area contributed by atoms with Crippen LogP contribution in [-0.2, 0) is 0 Å². The lowest BCUT2D eigenvalue weighted by atomic mass is 9.99. The topological polar surface area (TPSA) is 41.1 Å². The zero-order valence-electron chi connectivity index (χ0n) is 12.6. The van der Waals surface area contributed by atoms with E-state index in [9.17, 15) is 9.18 Å². The van der Waals surface area contributed by atoms with E-state index in [0.717, 1.165) is 19.3 Å². The molecule has 1 atom stereocenters. The summed E-state index contributed by atoms with van der Waals surface area (Å²) < 4.78 is 13.6. The summed E-state index contributed by atoms with van der Waals surface area (Å²) in [5, 5.41) is 5.66. The second-order valence-electron chi connectivity index (χ2n) is 5.04. The average Bonchev–Trinajstić information content (AvgIpc) is 2.46. The van der Waals surface area contributed by atoms with Gasteiger partial charge in [-0.25, -0.2) is 4.39 Å². The molecular formula is C16H25FN2O. The number of hydrogen-bond acceptors (Lipinski definition) is 2. The molecule has 1 unspecified atom stereocenters. The highest BCUT2D eigenvalue weighted by Crippen LogP contribution is 2.19. The fourth-order valence-electron chi connectivity index (χ4n) is 2.24. The van der Waals surface area contributed by atoms with E-state index < -0.39 is 5.82 Å². The largest absolute Gasteiger partial charge is 0.385 e. The second-order valence-corrected chi connectivity index (χ2v) is 5.04. The molecule has 0 saturated heterocycles. The van der Waals surface area contributed by atoms with Crippen molar-refractivity contribution in [3.8, 4) is 0 Å². The number of carbonyl (C=O) groups excluding carboxylic acids is 1. The van der Waals surface area contributed by atoms with Gasteiger partial charge in [0.2, 0.25) is 0 Å². The molecule has 1 rings (SSSR count). The minimum absolute atomic E-state index is 0.219. The average molecular weight is 280 g/mol. The summed E-state index contributed by atoms with van der Waals surface area (Å²) in [5.41, 5.74) is 0.615. The number of hydrogen-bond donors (Lipinski definition) is 2. The Morgan fingerprint density at radius 2 is 2.10 bits per heavy atom. The summed E-state index contributed by atoms with van der Waals surface area (Å²) in [6.45, 7) is 4.94. The standard InChI is InChI=1S/C16H25FN2O/c1-4-6-8-12(5-2)11-19-16(20)13-9-7-10-14(17)15(13)18-3/h7,9-10,12,18H,4-6,8,11H2,1-3H3,(H,19,20). The Morgan fingerprint density at radius 1 is 1.35 bits per heavy atom. The van der Waals surface area contributed by atoms with Crippen molar-refractivity contribution in [3.05, 3.63) is 29.6 Å². The summed E-state index contributed by atoms with van der Waals surface area (Å²) >= 11 is 0. The van der Waals surface area contributed by atoms with Crippen molar-refractivity contribution in [1.29, 1.82) is 0 Å². The molecule has 1 amide bonds. The molecule has 0 radical (unpaired) electrons. The quantitative estimate of drug-likeness (QED) is 0.760. The molecule has 1 aromatic carbocycles. The molecule has 0 aromatic heterocycles. The van der Waals surface area contributed by atoms with Gasteiger partial charge in [-0.2, -0.15) is 0 Å². The lowest BCUT2D eigenvalue weighted by Gasteiger charge is -2.16. The molecule has 112 valence electrons. The molecule has 1 aromatic rings. The van der Waals surface area contributed by atoms with Crippen molar-refractivity contribution in [2.45, 2.75) is 39.5 Å². The van der Waals surface area contributed by atoms with Crippen LogP contribution in [0.3, 0.4) is 0 Å². The molecule has 0 saturated carbocycles. The van der Waals surface area contributed by atoms with E-state index in [1.807, 2.05) is 0 Å². The van der Waals surface area contributed by atoms with Gasteiger partial charge >= 0.3 is 0 Å². The molecular weight excluding hydrogens is 255 g/mol. The van der Waals surface area contributed by atoms with Gasteiger partial charge in [0.25, 0.3) is 5.91 Å². The third-order valence-electron chi connectivity index (χ3n) is 3.60. The monoisotopic (exact) mass is 280 g/mol. The molecule has 4 heteroatoms. The third kappa shape index (κ3) is 4.51. The number of carbonyl (C=O) groups is 1. The van der Waals surface area contributed by atoms with Crippen molar-refractivity contribution in [3.63, 3.8) is 0 Å². The lowest BCUT2D eigenvalue weighted by molar-refractivity contribution is 0.0946. The van der Waals surface area contributed by atoms with Crippen LogP contribution in [0.15, 0.2) is 18.2 Å². The maximum Gasteiger partial charge on any atom is 0.253 e. The van der Waals surface area contributed by atoms with E-state index in [1.165, 1.54) is 12.5 Å². The van der Waals surface area contributed by atoms with Crippen LogP contribution in [0.5, 0.6) is 0 Å². The molecule has 0 heterocycles. The summed E-state index contributed by atoms with van der Waals surface area (Å²) in [4.78, 5) is 12.2. The molecule has 0 aliphatic carbocycles. The fourth-order valence-corrected chi connectivity index (χ4v) is 2.24. The highest BCUT2D eigenvalue weighted by atomic mass is 19.1. The molecule has 0 aliphatic heterocycles. The molecule has 0 spiro atoms. The Bertz CT molecular complexity index is 434. The van der Waals surface area contributed by atoms with Gasteiger partial charge in [-0.3, -0.25) is 4.79 Å². The van der Waals surface area contributed by atoms with E-state index in [2.05, 4.69) is 24.5 Å². The van der Waals surface area contributed by atoms with Crippen LogP contribution >= 0.6 is 0 Å². The molecule has 2 N–H and O–H groups in total. The highest BCUT2D eigenvalue weighted by molar-refractivity contribution is 5.99. The summed E-state index contributed by atoms with van der Waals surface area (Å²) in [6.07, 6.45) is 4.51. The van der Waals surface area contributed by atoms with E-state index in [-0.39, 0.29) is 11.6 Å². The van der Waals surface area contributed by atoms with Crippen LogP contribution in [0, 0.1) is 11.7 Å². The van der Waals surface area contributed by atoms with Gasteiger partial charge in [0.15, 0.2) is 0 Å². The van der Waals surface area contributed by atoms with Gasteiger partial charge in [0.05, 0.1) is 11.3 Å². The van der Waals surface area contributed by atoms with Crippen LogP contribution in [0.1, 0.15) is 49.9 Å². The zero-order chi connectivity index (χ0) is 15.0. The van der Waals surface area contributed by atoms with E-state index >= 15 is 0 Å². The SMILES string of the molecule is CCCCC(CC)CNC(=O)c1cccc(F)c1NC. The van der Waals surface area contributed by atoms with Crippen molar-refractivity contribution < 1.29 is 9.18 Å². The number of halogens is 1. The summed E-state index contributed by atoms with van der Waals surface area (Å²) in [5.74, 6) is -0.132. The Kier molecular flexibility index (Phi) is 7.05. The second kappa shape index (κ2) is 8.56. The van der Waals surface area contributed by atoms with Gasteiger partial charge < -0.3 is 10.6 Å². The number of unbranched alkanes of at least 4 members (excludes halogenated alkanes) is 1. The minimum atomic E-state index is -0.404. The first kappa shape index (κ1) is 16.5. The molecule has 20 heavy (non-hydrogen) atoms. The molecule has 0 bridgehead atoms. The van der Waals surface area contributed by atoms with Crippen molar-refractivity contribution in [2.75, 3.05) is 18.9 Å². The number of nitrogens with one attached hydrogen (secondary N) is 2. The third-order valence-corrected chi connectivity index (χ3v) is 3.60. The van der Waals surface area contributed by atoms with Crippen molar-refractivity contribution >= 4 is 11.6 Å². The van der Waals surface area contributed by atoms with Crippen LogP contribution in [0.2, 0.25) is 0 Å². The Balaban J connectivity index is 2.65. The van der Waals surface area contributed by atoms with Gasteiger partial charge in [-0.05, 0) is 24.5 Å². The van der Waals surface area contributed by atoms with E-state index in [4.69, 9.17) is 0 Å². The molecule has 0 fully saturated rings. The number of para-hydroxylation sites is 1. The van der Waals surface area contributed by atoms with Crippen LogP contribution in [0.25, 0.3) is 0 Å². The minimum Gasteiger partial charge on any atom is -0.385 e. The summed E-state index contributed by atoms with van der Waals surface area (Å²) in [7, 11) is 1.62. The predicted molar refractivity (Wildman–Crippen MR) is 81.6 cm³/mol. The maximum absolute atomic E-state index is 13.6. The van der Waals surface area contributed by atoms with E-state index in [1.54, 1.807) is 19.2 Å².